The predicted molar refractivity (Wildman–Crippen MR) is 139 cm³/mol. The molecule has 0 saturated carbocycles. The first kappa shape index (κ1) is 25.5. The van der Waals surface area contributed by atoms with Crippen molar-refractivity contribution in [3.05, 3.63) is 93.1 Å². The van der Waals surface area contributed by atoms with E-state index in [4.69, 9.17) is 9.47 Å². The van der Waals surface area contributed by atoms with Crippen LogP contribution in [0.1, 0.15) is 11.1 Å². The van der Waals surface area contributed by atoms with Gasteiger partial charge >= 0.3 is 0 Å². The molecule has 1 N–H and O–H groups in total. The fraction of sp³-hybridized carbons (Fsp3) is 0.115. The lowest BCUT2D eigenvalue weighted by Gasteiger charge is -2.14. The number of amides is 3. The van der Waals surface area contributed by atoms with Crippen molar-refractivity contribution in [2.24, 2.45) is 0 Å². The van der Waals surface area contributed by atoms with Gasteiger partial charge in [-0.2, -0.15) is 0 Å². The third-order valence-electron chi connectivity index (χ3n) is 5.08. The van der Waals surface area contributed by atoms with E-state index in [9.17, 15) is 18.8 Å². The lowest BCUT2D eigenvalue weighted by atomic mass is 10.1. The number of ether oxygens (including phenoxy) is 2. The van der Waals surface area contributed by atoms with Crippen molar-refractivity contribution in [2.45, 2.75) is 6.61 Å². The first-order valence-corrected chi connectivity index (χ1v) is 12.3. The summed E-state index contributed by atoms with van der Waals surface area (Å²) in [5.41, 5.74) is 1.94. The number of hydrogen-bond donors (Lipinski definition) is 1. The fourth-order valence-corrected chi connectivity index (χ4v) is 4.77. The minimum Gasteiger partial charge on any atom is -0.493 e. The van der Waals surface area contributed by atoms with E-state index in [0.717, 1.165) is 22.2 Å². The molecule has 184 valence electrons. The van der Waals surface area contributed by atoms with E-state index in [1.54, 1.807) is 54.6 Å². The van der Waals surface area contributed by atoms with Crippen molar-refractivity contribution < 1.29 is 28.2 Å². The minimum atomic E-state index is -0.556. The maximum absolute atomic E-state index is 13.1. The van der Waals surface area contributed by atoms with Gasteiger partial charge in [0.15, 0.2) is 11.5 Å². The van der Waals surface area contributed by atoms with Crippen LogP contribution in [0.3, 0.4) is 0 Å². The van der Waals surface area contributed by atoms with Gasteiger partial charge in [-0.3, -0.25) is 19.3 Å². The summed E-state index contributed by atoms with van der Waals surface area (Å²) in [4.78, 5) is 38.7. The number of benzene rings is 3. The van der Waals surface area contributed by atoms with Crippen molar-refractivity contribution in [2.75, 3.05) is 19.0 Å². The van der Waals surface area contributed by atoms with Crippen LogP contribution >= 0.6 is 27.7 Å². The van der Waals surface area contributed by atoms with Gasteiger partial charge in [0, 0.05) is 5.69 Å². The summed E-state index contributed by atoms with van der Waals surface area (Å²) >= 11 is 4.22. The molecule has 3 aromatic carbocycles. The van der Waals surface area contributed by atoms with Crippen LogP contribution < -0.4 is 14.8 Å². The molecular formula is C26H20BrFN2O5S. The van der Waals surface area contributed by atoms with Gasteiger partial charge in [0.1, 0.15) is 19.0 Å². The van der Waals surface area contributed by atoms with Gasteiger partial charge in [0.2, 0.25) is 5.91 Å². The summed E-state index contributed by atoms with van der Waals surface area (Å²) in [5.74, 6) is -0.524. The fourth-order valence-electron chi connectivity index (χ4n) is 3.35. The zero-order valence-electron chi connectivity index (χ0n) is 19.0. The Balaban J connectivity index is 1.47. The van der Waals surface area contributed by atoms with Crippen LogP contribution in [0.2, 0.25) is 0 Å². The van der Waals surface area contributed by atoms with Crippen LogP contribution in [-0.4, -0.2) is 35.6 Å². The summed E-state index contributed by atoms with van der Waals surface area (Å²) in [5, 5.41) is 2.13. The van der Waals surface area contributed by atoms with Crippen LogP contribution in [0.25, 0.3) is 6.08 Å². The largest absolute Gasteiger partial charge is 0.493 e. The van der Waals surface area contributed by atoms with Gasteiger partial charge in [-0.1, -0.05) is 30.3 Å². The Bertz CT molecular complexity index is 1330. The zero-order chi connectivity index (χ0) is 25.7. The number of imide groups is 1. The van der Waals surface area contributed by atoms with Crippen molar-refractivity contribution in [3.63, 3.8) is 0 Å². The maximum Gasteiger partial charge on any atom is 0.294 e. The summed E-state index contributed by atoms with van der Waals surface area (Å²) < 4.78 is 25.0. The van der Waals surface area contributed by atoms with Crippen LogP contribution in [0.4, 0.5) is 14.9 Å². The molecule has 1 aliphatic rings. The molecular weight excluding hydrogens is 551 g/mol. The van der Waals surface area contributed by atoms with E-state index in [-0.39, 0.29) is 23.9 Å². The molecule has 0 aromatic heterocycles. The number of thioether (sulfide) groups is 1. The standard InChI is InChI=1S/C26H20BrFN2O5S/c1-34-21-12-17(11-20(27)24(21)35-15-16-7-9-18(28)10-8-16)13-22-25(32)30(26(33)36-22)14-23(31)29-19-5-3-2-4-6-19/h2-13H,14-15H2,1H3,(H,29,31)/b22-13+. The van der Waals surface area contributed by atoms with Gasteiger partial charge in [-0.15, -0.1) is 0 Å². The van der Waals surface area contributed by atoms with E-state index in [2.05, 4.69) is 21.2 Å². The third kappa shape index (κ3) is 6.13. The highest BCUT2D eigenvalue weighted by atomic mass is 79.9. The molecule has 0 spiro atoms. The van der Waals surface area contributed by atoms with Gasteiger partial charge in [-0.05, 0) is 81.3 Å². The summed E-state index contributed by atoms with van der Waals surface area (Å²) in [6, 6.07) is 18.1. The normalized spacial score (nSPS) is 14.3. The summed E-state index contributed by atoms with van der Waals surface area (Å²) in [7, 11) is 1.48. The van der Waals surface area contributed by atoms with Gasteiger partial charge in [0.25, 0.3) is 11.1 Å². The maximum atomic E-state index is 13.1. The van der Waals surface area contributed by atoms with Crippen LogP contribution in [0, 0.1) is 5.82 Å². The molecule has 1 saturated heterocycles. The third-order valence-corrected chi connectivity index (χ3v) is 6.58. The SMILES string of the molecule is COc1cc(/C=C2/SC(=O)N(CC(=O)Nc3ccccc3)C2=O)cc(Br)c1OCc1ccc(F)cc1. The van der Waals surface area contributed by atoms with E-state index in [1.807, 2.05) is 6.07 Å². The van der Waals surface area contributed by atoms with Crippen molar-refractivity contribution in [3.8, 4) is 11.5 Å². The topological polar surface area (TPSA) is 84.9 Å². The highest BCUT2D eigenvalue weighted by Crippen LogP contribution is 2.39. The number of nitrogens with one attached hydrogen (secondary N) is 1. The minimum absolute atomic E-state index is 0.182. The van der Waals surface area contributed by atoms with Crippen LogP contribution in [0.15, 0.2) is 76.1 Å². The first-order chi connectivity index (χ1) is 17.3. The number of carbonyl (C=O) groups excluding carboxylic acids is 3. The number of anilines is 1. The molecule has 36 heavy (non-hydrogen) atoms. The van der Waals surface area contributed by atoms with Crippen molar-refractivity contribution >= 4 is 56.5 Å². The highest BCUT2D eigenvalue weighted by molar-refractivity contribution is 9.10. The Hall–Kier alpha value is -3.63. The Labute approximate surface area is 219 Å². The second-order valence-electron chi connectivity index (χ2n) is 7.63. The molecule has 0 radical (unpaired) electrons. The monoisotopic (exact) mass is 570 g/mol. The molecule has 1 fully saturated rings. The average Bonchev–Trinajstić information content (AvgIpc) is 3.12. The van der Waals surface area contributed by atoms with E-state index in [1.165, 1.54) is 19.2 Å². The first-order valence-electron chi connectivity index (χ1n) is 10.7. The van der Waals surface area contributed by atoms with Gasteiger partial charge in [-0.25, -0.2) is 4.39 Å². The van der Waals surface area contributed by atoms with Crippen molar-refractivity contribution in [1.29, 1.82) is 0 Å². The molecule has 1 heterocycles. The van der Waals surface area contributed by atoms with Gasteiger partial charge in [0.05, 0.1) is 16.5 Å². The number of hydrogen-bond acceptors (Lipinski definition) is 6. The number of rotatable bonds is 8. The molecule has 1 aliphatic heterocycles. The Morgan fingerprint density at radius 1 is 1.11 bits per heavy atom. The molecule has 0 unspecified atom stereocenters. The lowest BCUT2D eigenvalue weighted by molar-refractivity contribution is -0.127. The second kappa shape index (κ2) is 11.4. The Morgan fingerprint density at radius 3 is 2.53 bits per heavy atom. The molecule has 10 heteroatoms. The van der Waals surface area contributed by atoms with E-state index >= 15 is 0 Å². The van der Waals surface area contributed by atoms with E-state index < -0.39 is 17.1 Å². The number of nitrogens with zero attached hydrogens (tertiary/aromatic N) is 1. The zero-order valence-corrected chi connectivity index (χ0v) is 21.4. The quantitative estimate of drug-likeness (QED) is 0.342. The number of para-hydroxylation sites is 1. The number of methoxy groups -OCH3 is 1. The number of halogens is 2. The summed E-state index contributed by atoms with van der Waals surface area (Å²) in [6.45, 7) is -0.196. The second-order valence-corrected chi connectivity index (χ2v) is 9.48. The van der Waals surface area contributed by atoms with Gasteiger partial charge < -0.3 is 14.8 Å². The molecule has 0 bridgehead atoms. The van der Waals surface area contributed by atoms with Crippen LogP contribution in [-0.2, 0) is 16.2 Å². The molecule has 3 aromatic rings. The number of carbonyl (C=O) groups is 3. The average molecular weight is 571 g/mol. The lowest BCUT2D eigenvalue weighted by Crippen LogP contribution is -2.36. The Morgan fingerprint density at radius 2 is 1.83 bits per heavy atom. The predicted octanol–water partition coefficient (Wildman–Crippen LogP) is 5.85. The molecule has 0 aliphatic carbocycles. The molecule has 3 amide bonds. The smallest absolute Gasteiger partial charge is 0.294 e. The molecule has 4 rings (SSSR count). The molecule has 0 atom stereocenters. The van der Waals surface area contributed by atoms with E-state index in [0.29, 0.717) is 27.2 Å². The highest BCUT2D eigenvalue weighted by Gasteiger charge is 2.36. The Kier molecular flexibility index (Phi) is 8.07. The van der Waals surface area contributed by atoms with Crippen molar-refractivity contribution in [1.82, 2.24) is 4.90 Å². The summed E-state index contributed by atoms with van der Waals surface area (Å²) in [6.07, 6.45) is 1.55. The van der Waals surface area contributed by atoms with Crippen LogP contribution in [0.5, 0.6) is 11.5 Å². The molecule has 7 nitrogen and oxygen atoms in total.